The molecule has 1 aromatic rings. The fraction of sp³-hybridized carbons (Fsp3) is 0.538. The van der Waals surface area contributed by atoms with Gasteiger partial charge in [-0.25, -0.2) is 0 Å². The Bertz CT molecular complexity index is 361. The van der Waals surface area contributed by atoms with Crippen molar-refractivity contribution in [1.82, 2.24) is 0 Å². The molecule has 82 valence electrons. The Morgan fingerprint density at radius 3 is 2.47 bits per heavy atom. The average Bonchev–Trinajstić information content (AvgIpc) is 2.85. The van der Waals surface area contributed by atoms with E-state index in [1.807, 2.05) is 18.2 Å². The van der Waals surface area contributed by atoms with Crippen LogP contribution in [0.5, 0.6) is 5.75 Å². The van der Waals surface area contributed by atoms with Gasteiger partial charge < -0.3 is 10.5 Å². The molecule has 0 spiro atoms. The molecule has 2 rings (SSSR count). The van der Waals surface area contributed by atoms with Gasteiger partial charge in [0.25, 0.3) is 0 Å². The molecular weight excluding hydrogens is 186 g/mol. The maximum atomic E-state index is 6.02. The number of nitrogens with two attached hydrogens (primary N) is 1. The first-order valence-electron chi connectivity index (χ1n) is 5.54. The van der Waals surface area contributed by atoms with Gasteiger partial charge in [-0.15, -0.1) is 0 Å². The van der Waals surface area contributed by atoms with E-state index in [0.717, 1.165) is 17.0 Å². The Labute approximate surface area is 91.4 Å². The van der Waals surface area contributed by atoms with Gasteiger partial charge in [0.05, 0.1) is 6.10 Å². The van der Waals surface area contributed by atoms with E-state index < -0.39 is 0 Å². The molecule has 0 bridgehead atoms. The Morgan fingerprint density at radius 2 is 1.93 bits per heavy atom. The third-order valence-corrected chi connectivity index (χ3v) is 2.63. The summed E-state index contributed by atoms with van der Waals surface area (Å²) in [5, 5.41) is 0. The zero-order valence-electron chi connectivity index (χ0n) is 9.71. The van der Waals surface area contributed by atoms with Crippen LogP contribution in [0.3, 0.4) is 0 Å². The smallest absolute Gasteiger partial charge is 0.125 e. The molecule has 1 aromatic carbocycles. The summed E-state index contributed by atoms with van der Waals surface area (Å²) in [5.74, 6) is 0.963. The molecule has 1 fully saturated rings. The van der Waals surface area contributed by atoms with Crippen LogP contribution in [0.15, 0.2) is 18.2 Å². The molecule has 1 aliphatic carbocycles. The average molecular weight is 205 g/mol. The highest BCUT2D eigenvalue weighted by atomic mass is 16.5. The third kappa shape index (κ3) is 2.25. The number of hydrogen-bond acceptors (Lipinski definition) is 2. The summed E-state index contributed by atoms with van der Waals surface area (Å²) < 4.78 is 5.88. The molecule has 2 nitrogen and oxygen atoms in total. The van der Waals surface area contributed by atoms with Crippen LogP contribution >= 0.6 is 0 Å². The quantitative estimate of drug-likeness (QED) is 0.753. The van der Waals surface area contributed by atoms with Gasteiger partial charge in [0.15, 0.2) is 0 Å². The van der Waals surface area contributed by atoms with E-state index in [1.54, 1.807) is 0 Å². The van der Waals surface area contributed by atoms with Crippen LogP contribution < -0.4 is 10.5 Å². The van der Waals surface area contributed by atoms with Crippen molar-refractivity contribution in [3.8, 4) is 5.75 Å². The maximum absolute atomic E-state index is 6.02. The van der Waals surface area contributed by atoms with Gasteiger partial charge in [-0.1, -0.05) is 26.8 Å². The second-order valence-corrected chi connectivity index (χ2v) is 5.29. The van der Waals surface area contributed by atoms with Gasteiger partial charge in [-0.05, 0) is 30.4 Å². The molecule has 2 N–H and O–H groups in total. The SMILES string of the molecule is CC(C)(C)c1c(N)cccc1OC1CC1. The monoisotopic (exact) mass is 205 g/mol. The van der Waals surface area contributed by atoms with Gasteiger partial charge >= 0.3 is 0 Å². The van der Waals surface area contributed by atoms with Crippen LogP contribution in [0.25, 0.3) is 0 Å². The lowest BCUT2D eigenvalue weighted by atomic mass is 9.85. The summed E-state index contributed by atoms with van der Waals surface area (Å²) in [7, 11) is 0. The first-order valence-corrected chi connectivity index (χ1v) is 5.54. The topological polar surface area (TPSA) is 35.2 Å². The Kier molecular flexibility index (Phi) is 2.37. The predicted octanol–water partition coefficient (Wildman–Crippen LogP) is 3.11. The molecule has 0 aliphatic heterocycles. The van der Waals surface area contributed by atoms with Crippen LogP contribution in [0.4, 0.5) is 5.69 Å². The molecule has 0 unspecified atom stereocenters. The molecule has 15 heavy (non-hydrogen) atoms. The second-order valence-electron chi connectivity index (χ2n) is 5.29. The number of anilines is 1. The van der Waals surface area contributed by atoms with Crippen LogP contribution in [0, 0.1) is 0 Å². The number of ether oxygens (including phenoxy) is 1. The largest absolute Gasteiger partial charge is 0.490 e. The number of nitrogen functional groups attached to an aromatic ring is 1. The Balaban J connectivity index is 2.38. The number of benzene rings is 1. The molecule has 0 amide bonds. The minimum absolute atomic E-state index is 0.0373. The third-order valence-electron chi connectivity index (χ3n) is 2.63. The van der Waals surface area contributed by atoms with Gasteiger partial charge in [0, 0.05) is 11.3 Å². The molecular formula is C13H19NO. The number of hydrogen-bond donors (Lipinski definition) is 1. The van der Waals surface area contributed by atoms with Crippen molar-refractivity contribution in [3.05, 3.63) is 23.8 Å². The lowest BCUT2D eigenvalue weighted by molar-refractivity contribution is 0.295. The van der Waals surface area contributed by atoms with Gasteiger partial charge in [-0.2, -0.15) is 0 Å². The molecule has 1 saturated carbocycles. The van der Waals surface area contributed by atoms with E-state index in [2.05, 4.69) is 20.8 Å². The van der Waals surface area contributed by atoms with Crippen molar-refractivity contribution in [2.45, 2.75) is 45.1 Å². The summed E-state index contributed by atoms with van der Waals surface area (Å²) in [6, 6.07) is 5.93. The van der Waals surface area contributed by atoms with Crippen LogP contribution in [-0.2, 0) is 5.41 Å². The zero-order chi connectivity index (χ0) is 11.1. The summed E-state index contributed by atoms with van der Waals surface area (Å²) in [4.78, 5) is 0. The first-order chi connectivity index (χ1) is 6.98. The minimum Gasteiger partial charge on any atom is -0.490 e. The molecule has 2 heteroatoms. The molecule has 0 atom stereocenters. The molecule has 1 aliphatic rings. The van der Waals surface area contributed by atoms with Crippen LogP contribution in [-0.4, -0.2) is 6.10 Å². The lowest BCUT2D eigenvalue weighted by Gasteiger charge is -2.24. The summed E-state index contributed by atoms with van der Waals surface area (Å²) in [6.45, 7) is 6.50. The fourth-order valence-electron chi connectivity index (χ4n) is 1.81. The van der Waals surface area contributed by atoms with E-state index in [-0.39, 0.29) is 5.41 Å². The maximum Gasteiger partial charge on any atom is 0.125 e. The van der Waals surface area contributed by atoms with Crippen LogP contribution in [0.2, 0.25) is 0 Å². The standard InChI is InChI=1S/C13H19NO/c1-13(2,3)12-10(14)5-4-6-11(12)15-9-7-8-9/h4-6,9H,7-8,14H2,1-3H3. The second kappa shape index (κ2) is 3.44. The van der Waals surface area contributed by atoms with E-state index in [9.17, 15) is 0 Å². The molecule has 0 saturated heterocycles. The van der Waals surface area contributed by atoms with Crippen molar-refractivity contribution in [2.24, 2.45) is 0 Å². The van der Waals surface area contributed by atoms with Gasteiger partial charge in [0.1, 0.15) is 5.75 Å². The van der Waals surface area contributed by atoms with Crippen molar-refractivity contribution >= 4 is 5.69 Å². The molecule has 0 aromatic heterocycles. The molecule has 0 radical (unpaired) electrons. The van der Waals surface area contributed by atoms with E-state index in [4.69, 9.17) is 10.5 Å². The summed E-state index contributed by atoms with van der Waals surface area (Å²) >= 11 is 0. The lowest BCUT2D eigenvalue weighted by Crippen LogP contribution is -2.16. The van der Waals surface area contributed by atoms with Crippen molar-refractivity contribution in [3.63, 3.8) is 0 Å². The first kappa shape index (κ1) is 10.3. The van der Waals surface area contributed by atoms with Gasteiger partial charge in [0.2, 0.25) is 0 Å². The summed E-state index contributed by atoms with van der Waals surface area (Å²) in [6.07, 6.45) is 2.78. The van der Waals surface area contributed by atoms with E-state index in [1.165, 1.54) is 12.8 Å². The predicted molar refractivity (Wildman–Crippen MR) is 63.2 cm³/mol. The van der Waals surface area contributed by atoms with Gasteiger partial charge in [-0.3, -0.25) is 0 Å². The summed E-state index contributed by atoms with van der Waals surface area (Å²) in [5.41, 5.74) is 8.03. The van der Waals surface area contributed by atoms with E-state index in [0.29, 0.717) is 6.10 Å². The van der Waals surface area contributed by atoms with Crippen molar-refractivity contribution in [2.75, 3.05) is 5.73 Å². The Hall–Kier alpha value is -1.18. The fourth-order valence-corrected chi connectivity index (χ4v) is 1.81. The van der Waals surface area contributed by atoms with E-state index >= 15 is 0 Å². The number of rotatable bonds is 2. The minimum atomic E-state index is 0.0373. The highest BCUT2D eigenvalue weighted by Gasteiger charge is 2.28. The highest BCUT2D eigenvalue weighted by Crippen LogP contribution is 2.38. The Morgan fingerprint density at radius 1 is 1.27 bits per heavy atom. The highest BCUT2D eigenvalue weighted by molar-refractivity contribution is 5.57. The normalized spacial score (nSPS) is 16.5. The van der Waals surface area contributed by atoms with Crippen LogP contribution in [0.1, 0.15) is 39.2 Å². The molecule has 0 heterocycles. The zero-order valence-corrected chi connectivity index (χ0v) is 9.71. The van der Waals surface area contributed by atoms with Crippen molar-refractivity contribution in [1.29, 1.82) is 0 Å². The van der Waals surface area contributed by atoms with Crippen molar-refractivity contribution < 1.29 is 4.74 Å².